The lowest BCUT2D eigenvalue weighted by Crippen LogP contribution is -2.48. The smallest absolute Gasteiger partial charge is 0.0558 e. The van der Waals surface area contributed by atoms with Crippen LogP contribution in [0.25, 0.3) is 0 Å². The number of likely N-dealkylation sites (tertiary alicyclic amines) is 1. The maximum absolute atomic E-state index is 9.02. The highest BCUT2D eigenvalue weighted by Gasteiger charge is 2.23. The number of rotatable bonds is 5. The van der Waals surface area contributed by atoms with Crippen LogP contribution < -0.4 is 0 Å². The zero-order valence-corrected chi connectivity index (χ0v) is 10.4. The molecule has 0 aromatic heterocycles. The number of likely N-dealkylation sites (N-methyl/N-ethyl adjacent to an activating group) is 1. The standard InChI is InChI=1S/C12H26N2O/c1-11(2)13(3)10-12-6-4-5-7-14(12)8-9-15/h11-12,15H,4-10H2,1-3H3/t12-/m1/s1. The summed E-state index contributed by atoms with van der Waals surface area (Å²) in [7, 11) is 2.19. The molecule has 15 heavy (non-hydrogen) atoms. The molecule has 0 saturated carbocycles. The van der Waals surface area contributed by atoms with E-state index >= 15 is 0 Å². The minimum atomic E-state index is 0.294. The molecule has 0 bridgehead atoms. The first-order valence-electron chi connectivity index (χ1n) is 6.20. The number of hydrogen-bond donors (Lipinski definition) is 1. The molecule has 1 fully saturated rings. The van der Waals surface area contributed by atoms with E-state index in [2.05, 4.69) is 30.7 Å². The first-order valence-corrected chi connectivity index (χ1v) is 6.20. The molecule has 0 aliphatic carbocycles. The van der Waals surface area contributed by atoms with E-state index in [0.29, 0.717) is 18.7 Å². The highest BCUT2D eigenvalue weighted by atomic mass is 16.3. The third-order valence-corrected chi connectivity index (χ3v) is 3.52. The number of piperidine rings is 1. The van der Waals surface area contributed by atoms with Gasteiger partial charge in [0.1, 0.15) is 0 Å². The lowest BCUT2D eigenvalue weighted by Gasteiger charge is -2.38. The molecular formula is C12H26N2O. The Hall–Kier alpha value is -0.120. The molecule has 3 nitrogen and oxygen atoms in total. The maximum atomic E-state index is 9.02. The van der Waals surface area contributed by atoms with Crippen LogP contribution in [0.1, 0.15) is 33.1 Å². The number of aliphatic hydroxyl groups is 1. The predicted molar refractivity (Wildman–Crippen MR) is 64.1 cm³/mol. The second-order valence-electron chi connectivity index (χ2n) is 4.94. The summed E-state index contributed by atoms with van der Waals surface area (Å²) in [5.74, 6) is 0. The number of nitrogens with zero attached hydrogens (tertiary/aromatic N) is 2. The Labute approximate surface area is 94.1 Å². The molecule has 1 atom stereocenters. The van der Waals surface area contributed by atoms with E-state index in [9.17, 15) is 0 Å². The Morgan fingerprint density at radius 2 is 2.13 bits per heavy atom. The van der Waals surface area contributed by atoms with Gasteiger partial charge in [-0.15, -0.1) is 0 Å². The molecule has 1 N–H and O–H groups in total. The Morgan fingerprint density at radius 1 is 1.40 bits per heavy atom. The molecular weight excluding hydrogens is 188 g/mol. The van der Waals surface area contributed by atoms with Crippen molar-refractivity contribution < 1.29 is 5.11 Å². The molecule has 1 saturated heterocycles. The quantitative estimate of drug-likeness (QED) is 0.744. The average molecular weight is 214 g/mol. The zero-order valence-electron chi connectivity index (χ0n) is 10.4. The van der Waals surface area contributed by atoms with Crippen LogP contribution in [0, 0.1) is 0 Å². The summed E-state index contributed by atoms with van der Waals surface area (Å²) in [6, 6.07) is 1.27. The summed E-state index contributed by atoms with van der Waals surface area (Å²) in [4.78, 5) is 4.85. The highest BCUT2D eigenvalue weighted by molar-refractivity contribution is 4.79. The Kier molecular flexibility index (Phi) is 5.58. The van der Waals surface area contributed by atoms with Crippen molar-refractivity contribution in [1.82, 2.24) is 9.80 Å². The average Bonchev–Trinajstić information content (AvgIpc) is 2.21. The van der Waals surface area contributed by atoms with Crippen LogP contribution in [-0.2, 0) is 0 Å². The first-order chi connectivity index (χ1) is 7.15. The van der Waals surface area contributed by atoms with Gasteiger partial charge in [0.15, 0.2) is 0 Å². The summed E-state index contributed by atoms with van der Waals surface area (Å²) in [5.41, 5.74) is 0. The van der Waals surface area contributed by atoms with Gasteiger partial charge in [-0.2, -0.15) is 0 Å². The maximum Gasteiger partial charge on any atom is 0.0558 e. The highest BCUT2D eigenvalue weighted by Crippen LogP contribution is 2.17. The topological polar surface area (TPSA) is 26.7 Å². The molecule has 0 aromatic rings. The molecule has 0 aromatic carbocycles. The third-order valence-electron chi connectivity index (χ3n) is 3.52. The number of β-amino-alcohol motifs (C(OH)–C–C–N with tert-alkyl or cyclic N) is 1. The van der Waals surface area contributed by atoms with Gasteiger partial charge < -0.3 is 10.0 Å². The van der Waals surface area contributed by atoms with E-state index in [1.165, 1.54) is 19.3 Å². The molecule has 0 unspecified atom stereocenters. The van der Waals surface area contributed by atoms with E-state index in [4.69, 9.17) is 5.11 Å². The van der Waals surface area contributed by atoms with Crippen molar-refractivity contribution >= 4 is 0 Å². The van der Waals surface area contributed by atoms with Crippen LogP contribution in [-0.4, -0.2) is 60.3 Å². The van der Waals surface area contributed by atoms with Crippen molar-refractivity contribution in [3.63, 3.8) is 0 Å². The summed E-state index contributed by atoms with van der Waals surface area (Å²) in [6.07, 6.45) is 3.93. The Balaban J connectivity index is 2.41. The molecule has 3 heteroatoms. The summed E-state index contributed by atoms with van der Waals surface area (Å²) in [6.45, 7) is 7.91. The van der Waals surface area contributed by atoms with E-state index < -0.39 is 0 Å². The van der Waals surface area contributed by atoms with Gasteiger partial charge in [-0.1, -0.05) is 6.42 Å². The SMILES string of the molecule is CC(C)N(C)C[C@H]1CCCCN1CCO. The van der Waals surface area contributed by atoms with Crippen LogP contribution in [0.3, 0.4) is 0 Å². The van der Waals surface area contributed by atoms with Gasteiger partial charge in [0.2, 0.25) is 0 Å². The van der Waals surface area contributed by atoms with Crippen molar-refractivity contribution in [1.29, 1.82) is 0 Å². The van der Waals surface area contributed by atoms with E-state index in [0.717, 1.165) is 19.6 Å². The van der Waals surface area contributed by atoms with E-state index in [-0.39, 0.29) is 0 Å². The van der Waals surface area contributed by atoms with Crippen molar-refractivity contribution in [2.45, 2.75) is 45.2 Å². The molecule has 0 spiro atoms. The Bertz CT molecular complexity index is 171. The first kappa shape index (κ1) is 12.9. The van der Waals surface area contributed by atoms with Crippen LogP contribution in [0.4, 0.5) is 0 Å². The van der Waals surface area contributed by atoms with Crippen molar-refractivity contribution in [2.24, 2.45) is 0 Å². The van der Waals surface area contributed by atoms with Gasteiger partial charge in [-0.25, -0.2) is 0 Å². The molecule has 1 aliphatic rings. The van der Waals surface area contributed by atoms with Crippen molar-refractivity contribution in [3.05, 3.63) is 0 Å². The van der Waals surface area contributed by atoms with Gasteiger partial charge in [-0.05, 0) is 40.3 Å². The van der Waals surface area contributed by atoms with E-state index in [1.807, 2.05) is 0 Å². The lowest BCUT2D eigenvalue weighted by atomic mass is 10.0. The van der Waals surface area contributed by atoms with Gasteiger partial charge in [0, 0.05) is 25.2 Å². The van der Waals surface area contributed by atoms with E-state index in [1.54, 1.807) is 0 Å². The fraction of sp³-hybridized carbons (Fsp3) is 1.00. The second-order valence-corrected chi connectivity index (χ2v) is 4.94. The van der Waals surface area contributed by atoms with Crippen molar-refractivity contribution in [2.75, 3.05) is 33.3 Å². The molecule has 0 amide bonds. The largest absolute Gasteiger partial charge is 0.395 e. The van der Waals surface area contributed by atoms with Gasteiger partial charge in [-0.3, -0.25) is 4.90 Å². The normalized spacial score (nSPS) is 24.0. The summed E-state index contributed by atoms with van der Waals surface area (Å²) >= 11 is 0. The predicted octanol–water partition coefficient (Wildman–Crippen LogP) is 1.17. The minimum absolute atomic E-state index is 0.294. The van der Waals surface area contributed by atoms with Gasteiger partial charge in [0.25, 0.3) is 0 Å². The lowest BCUT2D eigenvalue weighted by molar-refractivity contribution is 0.0851. The second kappa shape index (κ2) is 6.46. The molecule has 1 aliphatic heterocycles. The van der Waals surface area contributed by atoms with Crippen LogP contribution in [0.15, 0.2) is 0 Å². The number of hydrogen-bond acceptors (Lipinski definition) is 3. The van der Waals surface area contributed by atoms with Crippen molar-refractivity contribution in [3.8, 4) is 0 Å². The van der Waals surface area contributed by atoms with Gasteiger partial charge >= 0.3 is 0 Å². The Morgan fingerprint density at radius 3 is 2.73 bits per heavy atom. The van der Waals surface area contributed by atoms with Crippen LogP contribution >= 0.6 is 0 Å². The molecule has 0 radical (unpaired) electrons. The van der Waals surface area contributed by atoms with Crippen LogP contribution in [0.2, 0.25) is 0 Å². The third kappa shape index (κ3) is 4.09. The minimum Gasteiger partial charge on any atom is -0.395 e. The monoisotopic (exact) mass is 214 g/mol. The number of aliphatic hydroxyl groups excluding tert-OH is 1. The molecule has 1 rings (SSSR count). The summed E-state index contributed by atoms with van der Waals surface area (Å²) in [5, 5.41) is 9.02. The van der Waals surface area contributed by atoms with Crippen LogP contribution in [0.5, 0.6) is 0 Å². The molecule has 1 heterocycles. The zero-order chi connectivity index (χ0) is 11.3. The fourth-order valence-corrected chi connectivity index (χ4v) is 2.23. The fourth-order valence-electron chi connectivity index (χ4n) is 2.23. The summed E-state index contributed by atoms with van der Waals surface area (Å²) < 4.78 is 0. The van der Waals surface area contributed by atoms with Gasteiger partial charge in [0.05, 0.1) is 6.61 Å². The molecule has 90 valence electrons.